The number of aromatic amines is 1. The largest absolute Gasteiger partial charge is 0.343 e. The minimum absolute atomic E-state index is 0.101. The van der Waals surface area contributed by atoms with Gasteiger partial charge in [-0.15, -0.1) is 0 Å². The first-order valence-electron chi connectivity index (χ1n) is 11.2. The van der Waals surface area contributed by atoms with Crippen molar-refractivity contribution in [3.8, 4) is 5.69 Å². The summed E-state index contributed by atoms with van der Waals surface area (Å²) in [5.41, 5.74) is 4.96. The molecule has 5 heteroatoms. The molecule has 1 aliphatic carbocycles. The molecule has 33 heavy (non-hydrogen) atoms. The van der Waals surface area contributed by atoms with E-state index in [0.29, 0.717) is 17.8 Å². The first kappa shape index (κ1) is 19.6. The highest BCUT2D eigenvalue weighted by molar-refractivity contribution is 6.01. The third kappa shape index (κ3) is 3.24. The van der Waals surface area contributed by atoms with Gasteiger partial charge in [-0.25, -0.2) is 4.68 Å². The maximum Gasteiger partial charge on any atom is 0.277 e. The molecule has 2 atom stereocenters. The third-order valence-corrected chi connectivity index (χ3v) is 6.71. The number of nitrogens with zero attached hydrogens (tertiary/aromatic N) is 1. The molecular formula is C28H23N3O2. The Labute approximate surface area is 191 Å². The van der Waals surface area contributed by atoms with E-state index in [-0.39, 0.29) is 17.3 Å². The van der Waals surface area contributed by atoms with Crippen molar-refractivity contribution in [1.29, 1.82) is 0 Å². The molecule has 3 aromatic carbocycles. The van der Waals surface area contributed by atoms with Gasteiger partial charge in [0.15, 0.2) is 5.78 Å². The second-order valence-electron chi connectivity index (χ2n) is 8.68. The van der Waals surface area contributed by atoms with Gasteiger partial charge in [-0.05, 0) is 35.6 Å². The van der Waals surface area contributed by atoms with E-state index in [0.717, 1.165) is 34.5 Å². The van der Waals surface area contributed by atoms with Crippen LogP contribution < -0.4 is 10.9 Å². The fraction of sp³-hybridized carbons (Fsp3) is 0.143. The Hall–Kier alpha value is -4.12. The highest BCUT2D eigenvalue weighted by atomic mass is 16.1. The number of hydrogen-bond donors (Lipinski definition) is 2. The molecule has 0 radical (unpaired) electrons. The normalized spacial score (nSPS) is 19.6. The Kier molecular flexibility index (Phi) is 4.61. The number of fused-ring (bicyclic) bond motifs is 1. The van der Waals surface area contributed by atoms with Crippen LogP contribution in [-0.2, 0) is 4.79 Å². The lowest BCUT2D eigenvalue weighted by Crippen LogP contribution is -2.32. The van der Waals surface area contributed by atoms with Crippen LogP contribution in [0.2, 0.25) is 0 Å². The molecule has 2 N–H and O–H groups in total. The Bertz CT molecular complexity index is 1420. The average Bonchev–Trinajstić information content (AvgIpc) is 3.20. The Morgan fingerprint density at radius 1 is 0.727 bits per heavy atom. The maximum absolute atomic E-state index is 13.6. The van der Waals surface area contributed by atoms with Crippen molar-refractivity contribution in [2.75, 3.05) is 5.32 Å². The molecular weight excluding hydrogens is 410 g/mol. The molecule has 0 fully saturated rings. The van der Waals surface area contributed by atoms with E-state index in [2.05, 4.69) is 22.5 Å². The molecule has 0 spiro atoms. The van der Waals surface area contributed by atoms with Gasteiger partial charge < -0.3 is 5.32 Å². The molecule has 162 valence electrons. The van der Waals surface area contributed by atoms with Crippen LogP contribution in [0.3, 0.4) is 0 Å². The average molecular weight is 434 g/mol. The lowest BCUT2D eigenvalue weighted by molar-refractivity contribution is -0.116. The zero-order chi connectivity index (χ0) is 22.4. The molecule has 4 aromatic rings. The maximum atomic E-state index is 13.6. The number of ketones is 1. The number of para-hydroxylation sites is 1. The van der Waals surface area contributed by atoms with Crippen molar-refractivity contribution in [3.05, 3.63) is 129 Å². The van der Waals surface area contributed by atoms with Crippen LogP contribution >= 0.6 is 0 Å². The molecule has 1 aromatic heterocycles. The second kappa shape index (κ2) is 7.78. The predicted molar refractivity (Wildman–Crippen MR) is 129 cm³/mol. The standard InChI is InChI=1S/C28H23N3O2/c32-23-17-20(18-10-4-1-5-11-18)16-22-25(23)24(19-12-6-2-7-13-19)26-27(29-22)30-31(28(26)33)21-14-8-3-9-15-21/h1-15,20,24,29-30H,16-17H2/t20-,24+/m1/s1. The van der Waals surface area contributed by atoms with E-state index in [9.17, 15) is 9.59 Å². The molecule has 2 aliphatic rings. The predicted octanol–water partition coefficient (Wildman–Crippen LogP) is 5.12. The summed E-state index contributed by atoms with van der Waals surface area (Å²) in [4.78, 5) is 27.2. The SMILES string of the molecule is O=C1C[C@H](c2ccccc2)CC2=C1[C@H](c1ccccc1)c1c([nH]n(-c3ccccc3)c1=O)N2. The van der Waals surface area contributed by atoms with Crippen LogP contribution in [0.5, 0.6) is 0 Å². The molecule has 6 rings (SSSR count). The molecule has 2 heterocycles. The van der Waals surface area contributed by atoms with Crippen LogP contribution in [-0.4, -0.2) is 15.6 Å². The van der Waals surface area contributed by atoms with Gasteiger partial charge in [0.05, 0.1) is 11.3 Å². The topological polar surface area (TPSA) is 66.9 Å². The molecule has 0 bridgehead atoms. The van der Waals surface area contributed by atoms with Crippen LogP contribution in [0.4, 0.5) is 5.82 Å². The number of nitrogens with one attached hydrogen (secondary N) is 2. The van der Waals surface area contributed by atoms with Gasteiger partial charge in [-0.3, -0.25) is 14.7 Å². The summed E-state index contributed by atoms with van der Waals surface area (Å²) in [5, 5.41) is 6.71. The lowest BCUT2D eigenvalue weighted by Gasteiger charge is -2.34. The first-order valence-corrected chi connectivity index (χ1v) is 11.2. The molecule has 0 amide bonds. The van der Waals surface area contributed by atoms with E-state index in [1.165, 1.54) is 0 Å². The summed E-state index contributed by atoms with van der Waals surface area (Å²) in [6.07, 6.45) is 1.17. The monoisotopic (exact) mass is 433 g/mol. The highest BCUT2D eigenvalue weighted by Crippen LogP contribution is 2.46. The number of H-pyrrole nitrogens is 1. The quantitative estimate of drug-likeness (QED) is 0.471. The van der Waals surface area contributed by atoms with Gasteiger partial charge >= 0.3 is 0 Å². The number of benzene rings is 3. The van der Waals surface area contributed by atoms with Crippen LogP contribution in [0.15, 0.2) is 107 Å². The Morgan fingerprint density at radius 3 is 2.00 bits per heavy atom. The van der Waals surface area contributed by atoms with Gasteiger partial charge in [0.2, 0.25) is 0 Å². The van der Waals surface area contributed by atoms with Crippen LogP contribution in [0.1, 0.15) is 41.4 Å². The summed E-state index contributed by atoms with van der Waals surface area (Å²) in [7, 11) is 0. The zero-order valence-electron chi connectivity index (χ0n) is 18.0. The zero-order valence-corrected chi connectivity index (χ0v) is 18.0. The summed E-state index contributed by atoms with van der Waals surface area (Å²) in [6.45, 7) is 0. The van der Waals surface area contributed by atoms with Crippen LogP contribution in [0, 0.1) is 0 Å². The van der Waals surface area contributed by atoms with E-state index in [4.69, 9.17) is 0 Å². The molecule has 1 aliphatic heterocycles. The van der Waals surface area contributed by atoms with Gasteiger partial charge in [0.25, 0.3) is 5.56 Å². The highest BCUT2D eigenvalue weighted by Gasteiger charge is 2.41. The van der Waals surface area contributed by atoms with Gasteiger partial charge in [0, 0.05) is 23.6 Å². The first-order chi connectivity index (χ1) is 16.2. The summed E-state index contributed by atoms with van der Waals surface area (Å²) >= 11 is 0. The van der Waals surface area contributed by atoms with Gasteiger partial charge in [-0.2, -0.15) is 0 Å². The smallest absolute Gasteiger partial charge is 0.277 e. The Balaban J connectivity index is 1.51. The molecule has 0 unspecified atom stereocenters. The lowest BCUT2D eigenvalue weighted by atomic mass is 9.73. The van der Waals surface area contributed by atoms with Crippen molar-refractivity contribution in [2.24, 2.45) is 0 Å². The van der Waals surface area contributed by atoms with Crippen molar-refractivity contribution in [1.82, 2.24) is 9.78 Å². The van der Waals surface area contributed by atoms with Crippen molar-refractivity contribution >= 4 is 11.6 Å². The van der Waals surface area contributed by atoms with E-state index in [1.54, 1.807) is 4.68 Å². The number of carbonyl (C=O) groups is 1. The number of rotatable bonds is 3. The van der Waals surface area contributed by atoms with E-state index < -0.39 is 5.92 Å². The summed E-state index contributed by atoms with van der Waals surface area (Å²) in [5.74, 6) is 0.489. The van der Waals surface area contributed by atoms with Crippen LogP contribution in [0.25, 0.3) is 5.69 Å². The fourth-order valence-corrected chi connectivity index (χ4v) is 5.19. The fourth-order valence-electron chi connectivity index (χ4n) is 5.19. The molecule has 0 saturated heterocycles. The molecule has 0 saturated carbocycles. The van der Waals surface area contributed by atoms with Gasteiger partial charge in [-0.1, -0.05) is 78.9 Å². The van der Waals surface area contributed by atoms with E-state index >= 15 is 0 Å². The minimum Gasteiger partial charge on any atom is -0.343 e. The number of carbonyl (C=O) groups excluding carboxylic acids is 1. The van der Waals surface area contributed by atoms with Gasteiger partial charge in [0.1, 0.15) is 5.82 Å². The Morgan fingerprint density at radius 2 is 1.33 bits per heavy atom. The van der Waals surface area contributed by atoms with Crippen molar-refractivity contribution < 1.29 is 4.79 Å². The number of Topliss-reactive ketones (excluding diaryl/α,β-unsaturated/α-hetero) is 1. The number of anilines is 1. The van der Waals surface area contributed by atoms with Crippen molar-refractivity contribution in [2.45, 2.75) is 24.7 Å². The summed E-state index contributed by atoms with van der Waals surface area (Å²) in [6, 6.07) is 29.6. The number of aromatic nitrogens is 2. The number of hydrogen-bond acceptors (Lipinski definition) is 3. The number of allylic oxidation sites excluding steroid dienone is 2. The second-order valence-corrected chi connectivity index (χ2v) is 8.68. The van der Waals surface area contributed by atoms with E-state index in [1.807, 2.05) is 78.9 Å². The minimum atomic E-state index is -0.393. The third-order valence-electron chi connectivity index (χ3n) is 6.71. The molecule has 5 nitrogen and oxygen atoms in total. The summed E-state index contributed by atoms with van der Waals surface area (Å²) < 4.78 is 1.56. The van der Waals surface area contributed by atoms with Crippen molar-refractivity contribution in [3.63, 3.8) is 0 Å².